The highest BCUT2D eigenvalue weighted by Crippen LogP contribution is 2.36. The molecule has 2 aliphatic rings. The zero-order valence-electron chi connectivity index (χ0n) is 20.8. The highest BCUT2D eigenvalue weighted by molar-refractivity contribution is 7.07. The summed E-state index contributed by atoms with van der Waals surface area (Å²) in [4.78, 5) is 14.1. The molecule has 8 heteroatoms. The molecule has 3 aromatic heterocycles. The van der Waals surface area contributed by atoms with Crippen molar-refractivity contribution in [2.75, 3.05) is 26.2 Å². The molecule has 6 rings (SSSR count). The van der Waals surface area contributed by atoms with Gasteiger partial charge in [-0.05, 0) is 73.3 Å². The zero-order chi connectivity index (χ0) is 25.4. The molecule has 4 aromatic rings. The highest BCUT2D eigenvalue weighted by atomic mass is 32.1. The molecule has 5 nitrogen and oxygen atoms in total. The van der Waals surface area contributed by atoms with Gasteiger partial charge in [-0.3, -0.25) is 9.88 Å². The van der Waals surface area contributed by atoms with E-state index < -0.39 is 11.6 Å². The summed E-state index contributed by atoms with van der Waals surface area (Å²) in [5.74, 6) is -0.545. The molecule has 2 fully saturated rings. The van der Waals surface area contributed by atoms with Crippen LogP contribution in [0, 0.1) is 17.6 Å². The predicted molar refractivity (Wildman–Crippen MR) is 144 cm³/mol. The largest absolute Gasteiger partial charge is 0.375 e. The van der Waals surface area contributed by atoms with Gasteiger partial charge in [0.25, 0.3) is 0 Å². The van der Waals surface area contributed by atoms with E-state index >= 15 is 0 Å². The first-order chi connectivity index (χ1) is 18.1. The van der Waals surface area contributed by atoms with E-state index in [1.54, 1.807) is 17.5 Å². The summed E-state index contributed by atoms with van der Waals surface area (Å²) in [5, 5.41) is 4.39. The van der Waals surface area contributed by atoms with Crippen molar-refractivity contribution in [3.8, 4) is 11.5 Å². The Kier molecular flexibility index (Phi) is 6.78. The van der Waals surface area contributed by atoms with Gasteiger partial charge in [0.15, 0.2) is 17.5 Å². The number of halogens is 2. The van der Waals surface area contributed by atoms with Crippen LogP contribution in [0.3, 0.4) is 0 Å². The number of hydrogen-bond acceptors (Lipinski definition) is 5. The van der Waals surface area contributed by atoms with Crippen molar-refractivity contribution < 1.29 is 8.78 Å². The third kappa shape index (κ3) is 4.92. The molecule has 0 amide bonds. The Labute approximate surface area is 220 Å². The Morgan fingerprint density at radius 3 is 2.49 bits per heavy atom. The average molecular weight is 520 g/mol. The molecule has 192 valence electrons. The average Bonchev–Trinajstić information content (AvgIpc) is 3.57. The number of pyridine rings is 1. The minimum atomic E-state index is -0.878. The molecular weight excluding hydrogens is 488 g/mol. The van der Waals surface area contributed by atoms with Crippen molar-refractivity contribution in [3.05, 3.63) is 82.8 Å². The van der Waals surface area contributed by atoms with Gasteiger partial charge < -0.3 is 9.47 Å². The normalized spacial score (nSPS) is 18.1. The van der Waals surface area contributed by atoms with Crippen LogP contribution in [0.2, 0.25) is 0 Å². The van der Waals surface area contributed by atoms with E-state index in [1.807, 2.05) is 18.2 Å². The summed E-state index contributed by atoms with van der Waals surface area (Å²) >= 11 is 1.76. The Morgan fingerprint density at radius 2 is 1.78 bits per heavy atom. The third-order valence-corrected chi connectivity index (χ3v) is 8.64. The summed E-state index contributed by atoms with van der Waals surface area (Å²) in [6.45, 7) is 9.55. The highest BCUT2D eigenvalue weighted by Gasteiger charge is 2.30. The number of allylic oxidation sites excluding steroid dienone is 1. The molecule has 0 bridgehead atoms. The lowest BCUT2D eigenvalue weighted by atomic mass is 9.91. The third-order valence-electron chi connectivity index (χ3n) is 7.91. The van der Waals surface area contributed by atoms with E-state index in [0.29, 0.717) is 28.5 Å². The summed E-state index contributed by atoms with van der Waals surface area (Å²) < 4.78 is 30.3. The van der Waals surface area contributed by atoms with E-state index in [4.69, 9.17) is 0 Å². The quantitative estimate of drug-likeness (QED) is 0.291. The maximum Gasteiger partial charge on any atom is 0.161 e. The van der Waals surface area contributed by atoms with E-state index in [1.165, 1.54) is 23.4 Å². The molecular formula is C29H31F2N5S. The molecule has 0 spiro atoms. The number of aromatic nitrogens is 3. The smallest absolute Gasteiger partial charge is 0.161 e. The van der Waals surface area contributed by atoms with Gasteiger partial charge in [-0.1, -0.05) is 12.6 Å². The maximum absolute atomic E-state index is 14.3. The van der Waals surface area contributed by atoms with Crippen LogP contribution in [-0.4, -0.2) is 50.5 Å². The van der Waals surface area contributed by atoms with Crippen LogP contribution in [0.25, 0.3) is 22.6 Å². The fourth-order valence-corrected chi connectivity index (χ4v) is 6.53. The number of hydrogen-bond donors (Lipinski definition) is 0. The lowest BCUT2D eigenvalue weighted by Gasteiger charge is -2.41. The topological polar surface area (TPSA) is 37.2 Å². The van der Waals surface area contributed by atoms with Gasteiger partial charge in [-0.2, -0.15) is 11.3 Å². The molecule has 5 heterocycles. The van der Waals surface area contributed by atoms with E-state index in [2.05, 4.69) is 47.7 Å². The molecule has 2 saturated heterocycles. The minimum Gasteiger partial charge on any atom is -0.375 e. The Balaban J connectivity index is 1.15. The van der Waals surface area contributed by atoms with Gasteiger partial charge >= 0.3 is 0 Å². The zero-order valence-corrected chi connectivity index (χ0v) is 21.6. The molecule has 0 atom stereocenters. The van der Waals surface area contributed by atoms with Crippen LogP contribution in [0.15, 0.2) is 65.6 Å². The van der Waals surface area contributed by atoms with Crippen LogP contribution in [0.1, 0.15) is 37.3 Å². The van der Waals surface area contributed by atoms with Gasteiger partial charge in [0.2, 0.25) is 0 Å². The molecule has 0 N–H and O–H groups in total. The second-order valence-corrected chi connectivity index (χ2v) is 10.9. The lowest BCUT2D eigenvalue weighted by Crippen LogP contribution is -2.40. The predicted octanol–water partition coefficient (Wildman–Crippen LogP) is 6.50. The first-order valence-electron chi connectivity index (χ1n) is 13.0. The van der Waals surface area contributed by atoms with Crippen LogP contribution in [0.4, 0.5) is 8.78 Å². The number of nitrogens with zero attached hydrogens (tertiary/aromatic N) is 5. The van der Waals surface area contributed by atoms with E-state index in [0.717, 1.165) is 58.4 Å². The fraction of sp³-hybridized carbons (Fsp3) is 0.379. The van der Waals surface area contributed by atoms with Crippen molar-refractivity contribution in [3.63, 3.8) is 0 Å². The van der Waals surface area contributed by atoms with E-state index in [-0.39, 0.29) is 6.04 Å². The van der Waals surface area contributed by atoms with Gasteiger partial charge in [0.05, 0.1) is 11.0 Å². The SMILES string of the molecule is C=C(C1CCN(Cc2ccsc2)CC1)N1CCC(n2c(-c3ccccn3)nc3cc(F)c(F)cc32)CC1. The van der Waals surface area contributed by atoms with Crippen molar-refractivity contribution in [1.82, 2.24) is 24.3 Å². The van der Waals surface area contributed by atoms with Crippen molar-refractivity contribution in [2.24, 2.45) is 5.92 Å². The second kappa shape index (κ2) is 10.3. The Bertz CT molecular complexity index is 1370. The minimum absolute atomic E-state index is 0.128. The summed E-state index contributed by atoms with van der Waals surface area (Å²) in [7, 11) is 0. The lowest BCUT2D eigenvalue weighted by molar-refractivity contribution is 0.155. The van der Waals surface area contributed by atoms with Gasteiger partial charge in [-0.15, -0.1) is 0 Å². The molecule has 1 aromatic carbocycles. The van der Waals surface area contributed by atoms with Crippen LogP contribution in [-0.2, 0) is 6.54 Å². The molecule has 0 radical (unpaired) electrons. The standard InChI is InChI=1S/C29H31F2N5S/c1-20(22-5-11-34(12-6-22)18-21-9-15-37-19-21)35-13-7-23(8-14-35)36-28-17-25(31)24(30)16-27(28)33-29(36)26-4-2-3-10-32-26/h2-4,9-10,15-17,19,22-23H,1,5-8,11-14,18H2. The van der Waals surface area contributed by atoms with Crippen molar-refractivity contribution in [1.29, 1.82) is 0 Å². The number of fused-ring (bicyclic) bond motifs is 1. The molecule has 2 aliphatic heterocycles. The summed E-state index contributed by atoms with van der Waals surface area (Å²) in [5.41, 5.74) is 4.45. The van der Waals surface area contributed by atoms with Crippen molar-refractivity contribution in [2.45, 2.75) is 38.3 Å². The van der Waals surface area contributed by atoms with Gasteiger partial charge in [0.1, 0.15) is 5.69 Å². The first kappa shape index (κ1) is 24.2. The molecule has 0 saturated carbocycles. The number of rotatable bonds is 6. The first-order valence-corrected chi connectivity index (χ1v) is 14.0. The number of thiophene rings is 1. The fourth-order valence-electron chi connectivity index (χ4n) is 5.87. The second-order valence-electron chi connectivity index (χ2n) is 10.2. The monoisotopic (exact) mass is 519 g/mol. The van der Waals surface area contributed by atoms with Crippen LogP contribution in [0.5, 0.6) is 0 Å². The Morgan fingerprint density at radius 1 is 1.00 bits per heavy atom. The van der Waals surface area contributed by atoms with Crippen LogP contribution < -0.4 is 0 Å². The number of piperidine rings is 2. The maximum atomic E-state index is 14.3. The van der Waals surface area contributed by atoms with E-state index in [9.17, 15) is 8.78 Å². The van der Waals surface area contributed by atoms with Gasteiger partial charge in [-0.25, -0.2) is 13.8 Å². The van der Waals surface area contributed by atoms with Crippen molar-refractivity contribution >= 4 is 22.4 Å². The number of benzene rings is 1. The number of imidazole rings is 1. The van der Waals surface area contributed by atoms with Gasteiger partial charge in [0, 0.05) is 55.6 Å². The van der Waals surface area contributed by atoms with Crippen LogP contribution >= 0.6 is 11.3 Å². The molecule has 37 heavy (non-hydrogen) atoms. The summed E-state index contributed by atoms with van der Waals surface area (Å²) in [6.07, 6.45) is 5.78. The Hall–Kier alpha value is -3.10. The molecule has 0 unspecified atom stereocenters. The molecule has 0 aliphatic carbocycles. The summed E-state index contributed by atoms with van der Waals surface area (Å²) in [6, 6.07) is 10.5. The number of likely N-dealkylation sites (tertiary alicyclic amines) is 2.